The first kappa shape index (κ1) is 22.8. The van der Waals surface area contributed by atoms with E-state index in [0.717, 1.165) is 11.1 Å². The van der Waals surface area contributed by atoms with Crippen LogP contribution in [0, 0.1) is 0 Å². The number of carboxylic acids is 2. The van der Waals surface area contributed by atoms with Crippen LogP contribution in [0.1, 0.15) is 31.8 Å². The number of carboxylic acid groups (broad SMARTS) is 2. The van der Waals surface area contributed by atoms with Gasteiger partial charge in [-0.1, -0.05) is 47.5 Å². The lowest BCUT2D eigenvalue weighted by molar-refractivity contribution is 0.0686. The van der Waals surface area contributed by atoms with Crippen LogP contribution in [0.3, 0.4) is 0 Å². The molecule has 0 saturated carbocycles. The van der Waals surface area contributed by atoms with Gasteiger partial charge in [0.1, 0.15) is 0 Å². The molecule has 0 amide bonds. The zero-order chi connectivity index (χ0) is 23.1. The molecule has 0 unspecified atom stereocenters. The molecule has 4 N–H and O–H groups in total. The molecule has 0 fully saturated rings. The van der Waals surface area contributed by atoms with Crippen LogP contribution in [-0.2, 0) is 0 Å². The number of rotatable bonds is 8. The van der Waals surface area contributed by atoms with Crippen LogP contribution in [0.5, 0.6) is 0 Å². The van der Waals surface area contributed by atoms with Gasteiger partial charge in [0.05, 0.1) is 45.0 Å². The third-order valence-electron chi connectivity index (χ3n) is 4.14. The first-order valence-corrected chi connectivity index (χ1v) is 9.83. The minimum atomic E-state index is -1.12. The van der Waals surface area contributed by atoms with Gasteiger partial charge in [0, 0.05) is 0 Å². The highest BCUT2D eigenvalue weighted by atomic mass is 35.5. The second kappa shape index (κ2) is 10.4. The number of benzene rings is 3. The molecule has 162 valence electrons. The smallest absolute Gasteiger partial charge is 0.337 e. The highest BCUT2D eigenvalue weighted by molar-refractivity contribution is 6.34. The fourth-order valence-corrected chi connectivity index (χ4v) is 2.95. The van der Waals surface area contributed by atoms with Gasteiger partial charge in [-0.2, -0.15) is 10.2 Å². The Kier molecular flexibility index (Phi) is 7.43. The van der Waals surface area contributed by atoms with Crippen LogP contribution >= 0.6 is 23.2 Å². The maximum atomic E-state index is 11.1. The van der Waals surface area contributed by atoms with E-state index in [-0.39, 0.29) is 21.2 Å². The van der Waals surface area contributed by atoms with E-state index in [4.69, 9.17) is 33.4 Å². The van der Waals surface area contributed by atoms with Crippen molar-refractivity contribution in [1.29, 1.82) is 0 Å². The number of nitrogens with one attached hydrogen (secondary N) is 2. The number of carbonyl (C=O) groups is 2. The fraction of sp³-hybridized carbons (Fsp3) is 0. The second-order valence-corrected chi connectivity index (χ2v) is 7.22. The van der Waals surface area contributed by atoms with E-state index in [9.17, 15) is 9.59 Å². The van der Waals surface area contributed by atoms with Crippen molar-refractivity contribution in [2.45, 2.75) is 0 Å². The third kappa shape index (κ3) is 6.07. The van der Waals surface area contributed by atoms with Crippen LogP contribution in [0.15, 0.2) is 70.9 Å². The van der Waals surface area contributed by atoms with Gasteiger partial charge in [-0.15, -0.1) is 0 Å². The van der Waals surface area contributed by atoms with Crippen molar-refractivity contribution in [3.8, 4) is 0 Å². The summed E-state index contributed by atoms with van der Waals surface area (Å²) in [7, 11) is 0. The van der Waals surface area contributed by atoms with Crippen molar-refractivity contribution >= 4 is 58.9 Å². The average Bonchev–Trinajstić information content (AvgIpc) is 2.76. The number of nitrogens with zero attached hydrogens (tertiary/aromatic N) is 2. The molecule has 3 rings (SSSR count). The summed E-state index contributed by atoms with van der Waals surface area (Å²) >= 11 is 11.7. The predicted octanol–water partition coefficient (Wildman–Crippen LogP) is 5.28. The number of hydrogen-bond donors (Lipinski definition) is 4. The van der Waals surface area contributed by atoms with Gasteiger partial charge in [0.15, 0.2) is 0 Å². The summed E-state index contributed by atoms with van der Waals surface area (Å²) in [6.45, 7) is 0. The number of aromatic carboxylic acids is 2. The quantitative estimate of drug-likeness (QED) is 0.262. The Balaban J connectivity index is 1.58. The minimum absolute atomic E-state index is 0.0121. The SMILES string of the molecule is O=C(O)c1cc(N/N=C/c2ccc(/C=N/Nc3ccc(Cl)c(C(=O)O)c3)cc2)ccc1Cl. The molecule has 0 heterocycles. The average molecular weight is 471 g/mol. The lowest BCUT2D eigenvalue weighted by Gasteiger charge is -2.04. The topological polar surface area (TPSA) is 123 Å². The van der Waals surface area contributed by atoms with E-state index in [0.29, 0.717) is 11.4 Å². The standard InChI is InChI=1S/C22H16Cl2N4O4/c23-19-7-5-15(9-17(19)21(29)30)27-25-11-13-1-2-14(4-3-13)12-26-28-16-6-8-20(24)18(10-16)22(31)32/h1-12,27-28H,(H,29,30)(H,31,32)/b25-11+,26-12+. The Morgan fingerprint density at radius 2 is 1.06 bits per heavy atom. The van der Waals surface area contributed by atoms with E-state index in [2.05, 4.69) is 21.1 Å². The Bertz CT molecular complexity index is 1120. The second-order valence-electron chi connectivity index (χ2n) is 6.41. The molecule has 32 heavy (non-hydrogen) atoms. The van der Waals surface area contributed by atoms with Crippen molar-refractivity contribution in [3.63, 3.8) is 0 Å². The van der Waals surface area contributed by atoms with Crippen LogP contribution < -0.4 is 10.9 Å². The van der Waals surface area contributed by atoms with Crippen LogP contribution in [-0.4, -0.2) is 34.6 Å². The van der Waals surface area contributed by atoms with Gasteiger partial charge in [0.25, 0.3) is 0 Å². The van der Waals surface area contributed by atoms with E-state index in [1.165, 1.54) is 24.3 Å². The van der Waals surface area contributed by atoms with E-state index in [1.807, 2.05) is 24.3 Å². The summed E-state index contributed by atoms with van der Waals surface area (Å²) in [5.74, 6) is -2.24. The molecule has 3 aromatic carbocycles. The number of anilines is 2. The molecule has 0 aliphatic heterocycles. The Morgan fingerprint density at radius 3 is 1.41 bits per heavy atom. The third-order valence-corrected chi connectivity index (χ3v) is 4.80. The predicted molar refractivity (Wildman–Crippen MR) is 126 cm³/mol. The van der Waals surface area contributed by atoms with Gasteiger partial charge < -0.3 is 10.2 Å². The van der Waals surface area contributed by atoms with Gasteiger partial charge >= 0.3 is 11.9 Å². The fourth-order valence-electron chi connectivity index (χ4n) is 2.55. The van der Waals surface area contributed by atoms with Crippen LogP contribution in [0.2, 0.25) is 10.0 Å². The normalized spacial score (nSPS) is 11.1. The Morgan fingerprint density at radius 1 is 0.688 bits per heavy atom. The van der Waals surface area contributed by atoms with E-state index < -0.39 is 11.9 Å². The molecule has 3 aromatic rings. The van der Waals surface area contributed by atoms with Crippen molar-refractivity contribution < 1.29 is 19.8 Å². The zero-order valence-electron chi connectivity index (χ0n) is 16.3. The molecule has 0 atom stereocenters. The Labute approximate surface area is 192 Å². The number of hydrogen-bond acceptors (Lipinski definition) is 6. The van der Waals surface area contributed by atoms with E-state index >= 15 is 0 Å². The summed E-state index contributed by atoms with van der Waals surface area (Å²) in [6, 6.07) is 16.3. The van der Waals surface area contributed by atoms with Gasteiger partial charge in [-0.05, 0) is 47.5 Å². The van der Waals surface area contributed by atoms with E-state index in [1.54, 1.807) is 24.6 Å². The maximum Gasteiger partial charge on any atom is 0.337 e. The lowest BCUT2D eigenvalue weighted by atomic mass is 10.2. The summed E-state index contributed by atoms with van der Waals surface area (Å²) in [4.78, 5) is 22.2. The van der Waals surface area contributed by atoms with Crippen molar-refractivity contribution in [1.82, 2.24) is 0 Å². The van der Waals surface area contributed by atoms with Gasteiger partial charge in [-0.25, -0.2) is 9.59 Å². The minimum Gasteiger partial charge on any atom is -0.478 e. The van der Waals surface area contributed by atoms with Gasteiger partial charge in [-0.3, -0.25) is 10.9 Å². The molecular weight excluding hydrogens is 455 g/mol. The maximum absolute atomic E-state index is 11.1. The molecular formula is C22H16Cl2N4O4. The summed E-state index contributed by atoms with van der Waals surface area (Å²) in [5, 5.41) is 26.7. The molecule has 0 aliphatic rings. The summed E-state index contributed by atoms with van der Waals surface area (Å²) in [5.41, 5.74) is 8.09. The van der Waals surface area contributed by atoms with Crippen molar-refractivity contribution in [2.24, 2.45) is 10.2 Å². The summed E-state index contributed by atoms with van der Waals surface area (Å²) < 4.78 is 0. The van der Waals surface area contributed by atoms with Gasteiger partial charge in [0.2, 0.25) is 0 Å². The molecule has 8 nitrogen and oxygen atoms in total. The molecule has 0 spiro atoms. The molecule has 0 radical (unpaired) electrons. The van der Waals surface area contributed by atoms with Crippen molar-refractivity contribution in [3.05, 3.63) is 93.0 Å². The number of hydrazone groups is 2. The molecule has 10 heteroatoms. The van der Waals surface area contributed by atoms with Crippen LogP contribution in [0.4, 0.5) is 11.4 Å². The Hall–Kier alpha value is -3.88. The zero-order valence-corrected chi connectivity index (χ0v) is 17.8. The molecule has 0 bridgehead atoms. The lowest BCUT2D eigenvalue weighted by Crippen LogP contribution is -1.99. The highest BCUT2D eigenvalue weighted by Crippen LogP contribution is 2.21. The largest absolute Gasteiger partial charge is 0.478 e. The van der Waals surface area contributed by atoms with Crippen molar-refractivity contribution in [2.75, 3.05) is 10.9 Å². The van der Waals surface area contributed by atoms with Crippen LogP contribution in [0.25, 0.3) is 0 Å². The first-order chi connectivity index (χ1) is 15.3. The monoisotopic (exact) mass is 470 g/mol. The summed E-state index contributed by atoms with van der Waals surface area (Å²) in [6.07, 6.45) is 3.16. The molecule has 0 aliphatic carbocycles. The highest BCUT2D eigenvalue weighted by Gasteiger charge is 2.09. The molecule has 0 aromatic heterocycles. The molecule has 0 saturated heterocycles. The first-order valence-electron chi connectivity index (χ1n) is 9.07. The number of halogens is 2.